The Morgan fingerprint density at radius 2 is 2.33 bits per heavy atom. The minimum atomic E-state index is -0.373. The minimum Gasteiger partial charge on any atom is -0.342 e. The van der Waals surface area contributed by atoms with Crippen molar-refractivity contribution in [2.45, 2.75) is 13.5 Å². The molecule has 0 saturated carbocycles. The van der Waals surface area contributed by atoms with E-state index in [1.54, 1.807) is 23.6 Å². The van der Waals surface area contributed by atoms with Gasteiger partial charge in [-0.15, -0.1) is 10.2 Å². The van der Waals surface area contributed by atoms with Gasteiger partial charge in [-0.3, -0.25) is 14.3 Å². The first-order valence-corrected chi connectivity index (χ1v) is 6.98. The Balaban J connectivity index is 1.56. The summed E-state index contributed by atoms with van der Waals surface area (Å²) in [6.45, 7) is 1.94. The Morgan fingerprint density at radius 1 is 1.42 bits per heavy atom. The number of amides is 1. The van der Waals surface area contributed by atoms with Crippen molar-refractivity contribution in [1.29, 1.82) is 0 Å². The number of H-pyrrole nitrogens is 1. The van der Waals surface area contributed by atoms with E-state index in [1.165, 1.54) is 6.33 Å². The molecule has 0 aliphatic carbocycles. The van der Waals surface area contributed by atoms with E-state index in [9.17, 15) is 4.79 Å². The van der Waals surface area contributed by atoms with E-state index >= 15 is 0 Å². The third-order valence-electron chi connectivity index (χ3n) is 3.29. The van der Waals surface area contributed by atoms with Crippen LogP contribution in [-0.2, 0) is 6.54 Å². The molecule has 0 bridgehead atoms. The summed E-state index contributed by atoms with van der Waals surface area (Å²) in [5, 5.41) is 20.7. The summed E-state index contributed by atoms with van der Waals surface area (Å²) in [6, 6.07) is 3.59. The van der Waals surface area contributed by atoms with Crippen molar-refractivity contribution in [3.63, 3.8) is 0 Å². The van der Waals surface area contributed by atoms with Crippen molar-refractivity contribution in [2.75, 3.05) is 0 Å². The van der Waals surface area contributed by atoms with Crippen LogP contribution in [0.5, 0.6) is 0 Å². The molecule has 0 spiro atoms. The Hall–Kier alpha value is -3.63. The fourth-order valence-electron chi connectivity index (χ4n) is 2.17. The molecular formula is C13H11N9O2. The van der Waals surface area contributed by atoms with Gasteiger partial charge < -0.3 is 9.84 Å². The Kier molecular flexibility index (Phi) is 3.23. The fraction of sp³-hybridized carbons (Fsp3) is 0.154. The molecular weight excluding hydrogens is 314 g/mol. The number of pyridine rings is 1. The molecule has 0 saturated heterocycles. The predicted molar refractivity (Wildman–Crippen MR) is 78.6 cm³/mol. The second-order valence-corrected chi connectivity index (χ2v) is 4.92. The number of aromatic nitrogens is 8. The molecule has 1 amide bonds. The summed E-state index contributed by atoms with van der Waals surface area (Å²) in [6.07, 6.45) is 3.04. The third-order valence-corrected chi connectivity index (χ3v) is 3.29. The average Bonchev–Trinajstić information content (AvgIpc) is 3.33. The molecule has 0 fully saturated rings. The molecule has 11 heteroatoms. The highest BCUT2D eigenvalue weighted by Crippen LogP contribution is 2.18. The van der Waals surface area contributed by atoms with E-state index in [4.69, 9.17) is 4.52 Å². The van der Waals surface area contributed by atoms with Crippen LogP contribution in [0.3, 0.4) is 0 Å². The van der Waals surface area contributed by atoms with E-state index in [2.05, 4.69) is 40.8 Å². The van der Waals surface area contributed by atoms with Gasteiger partial charge in [0.05, 0.1) is 6.54 Å². The number of rotatable bonds is 4. The molecule has 2 N–H and O–H groups in total. The molecule has 0 unspecified atom stereocenters. The SMILES string of the molecule is Cc1noc(-c2ccn3c(CNC(=O)c4ncn[nH]4)nnc3c2)n1. The average molecular weight is 325 g/mol. The van der Waals surface area contributed by atoms with Gasteiger partial charge in [-0.2, -0.15) is 10.1 Å². The van der Waals surface area contributed by atoms with Gasteiger partial charge in [-0.1, -0.05) is 5.16 Å². The van der Waals surface area contributed by atoms with Gasteiger partial charge in [0.1, 0.15) is 6.33 Å². The van der Waals surface area contributed by atoms with Crippen molar-refractivity contribution < 1.29 is 9.32 Å². The van der Waals surface area contributed by atoms with E-state index in [0.29, 0.717) is 23.2 Å². The first kappa shape index (κ1) is 14.0. The van der Waals surface area contributed by atoms with Crippen LogP contribution < -0.4 is 5.32 Å². The maximum atomic E-state index is 11.8. The van der Waals surface area contributed by atoms with Crippen LogP contribution in [0.4, 0.5) is 0 Å². The zero-order valence-electron chi connectivity index (χ0n) is 12.5. The van der Waals surface area contributed by atoms with Crippen molar-refractivity contribution >= 4 is 11.6 Å². The van der Waals surface area contributed by atoms with Crippen molar-refractivity contribution in [3.8, 4) is 11.5 Å². The van der Waals surface area contributed by atoms with Crippen LogP contribution in [-0.4, -0.2) is 45.8 Å². The highest BCUT2D eigenvalue weighted by atomic mass is 16.5. The number of hydrogen-bond acceptors (Lipinski definition) is 8. The number of carbonyl (C=O) groups is 1. The molecule has 0 radical (unpaired) electrons. The van der Waals surface area contributed by atoms with Crippen LogP contribution >= 0.6 is 0 Å². The summed E-state index contributed by atoms with van der Waals surface area (Å²) in [5.74, 6) is 1.31. The number of aromatic amines is 1. The van der Waals surface area contributed by atoms with Crippen LogP contribution in [0.15, 0.2) is 29.2 Å². The molecule has 0 atom stereocenters. The van der Waals surface area contributed by atoms with E-state index in [-0.39, 0.29) is 18.3 Å². The lowest BCUT2D eigenvalue weighted by Gasteiger charge is -2.02. The summed E-state index contributed by atoms with van der Waals surface area (Å²) in [4.78, 5) is 19.8. The van der Waals surface area contributed by atoms with E-state index in [0.717, 1.165) is 5.56 Å². The molecule has 4 aromatic rings. The second-order valence-electron chi connectivity index (χ2n) is 4.92. The zero-order valence-corrected chi connectivity index (χ0v) is 12.5. The van der Waals surface area contributed by atoms with Crippen molar-refractivity contribution in [1.82, 2.24) is 45.2 Å². The van der Waals surface area contributed by atoms with Crippen LogP contribution in [0.25, 0.3) is 17.1 Å². The number of aryl methyl sites for hydroxylation is 1. The third kappa shape index (κ3) is 2.47. The monoisotopic (exact) mass is 325 g/mol. The Bertz CT molecular complexity index is 1000. The van der Waals surface area contributed by atoms with Gasteiger partial charge in [-0.05, 0) is 19.1 Å². The molecule has 4 aromatic heterocycles. The number of carbonyl (C=O) groups excluding carboxylic acids is 1. The lowest BCUT2D eigenvalue weighted by Crippen LogP contribution is -2.25. The zero-order chi connectivity index (χ0) is 16.5. The Labute approximate surface area is 134 Å². The lowest BCUT2D eigenvalue weighted by molar-refractivity contribution is 0.0940. The number of nitrogens with zero attached hydrogens (tertiary/aromatic N) is 7. The number of nitrogens with one attached hydrogen (secondary N) is 2. The standard InChI is InChI=1S/C13H11N9O2/c1-7-17-13(24-21-7)8-2-3-22-9(4-8)18-19-10(22)5-14-12(23)11-15-6-16-20-11/h2-4,6H,5H2,1H3,(H,14,23)(H,15,16,20). The van der Waals surface area contributed by atoms with Gasteiger partial charge in [0, 0.05) is 11.8 Å². The molecule has 0 aliphatic heterocycles. The number of fused-ring (bicyclic) bond motifs is 1. The van der Waals surface area contributed by atoms with Gasteiger partial charge in [-0.25, -0.2) is 4.98 Å². The van der Waals surface area contributed by atoms with E-state index < -0.39 is 0 Å². The summed E-state index contributed by atoms with van der Waals surface area (Å²) < 4.78 is 6.89. The van der Waals surface area contributed by atoms with Gasteiger partial charge in [0.15, 0.2) is 17.3 Å². The largest absolute Gasteiger partial charge is 0.342 e. The minimum absolute atomic E-state index is 0.137. The van der Waals surface area contributed by atoms with E-state index in [1.807, 2.05) is 6.07 Å². The van der Waals surface area contributed by atoms with Crippen molar-refractivity contribution in [3.05, 3.63) is 42.1 Å². The quantitative estimate of drug-likeness (QED) is 0.540. The predicted octanol–water partition coefficient (Wildman–Crippen LogP) is 0.136. The lowest BCUT2D eigenvalue weighted by atomic mass is 10.2. The summed E-state index contributed by atoms with van der Waals surface area (Å²) in [7, 11) is 0. The molecule has 4 heterocycles. The summed E-state index contributed by atoms with van der Waals surface area (Å²) in [5.41, 5.74) is 1.35. The maximum absolute atomic E-state index is 11.8. The highest BCUT2D eigenvalue weighted by molar-refractivity contribution is 5.90. The molecule has 4 rings (SSSR count). The van der Waals surface area contributed by atoms with Gasteiger partial charge in [0.2, 0.25) is 5.82 Å². The van der Waals surface area contributed by atoms with Crippen LogP contribution in [0.1, 0.15) is 22.3 Å². The smallest absolute Gasteiger partial charge is 0.288 e. The molecule has 11 nitrogen and oxygen atoms in total. The van der Waals surface area contributed by atoms with Gasteiger partial charge in [0.25, 0.3) is 11.8 Å². The fourth-order valence-corrected chi connectivity index (χ4v) is 2.17. The van der Waals surface area contributed by atoms with Gasteiger partial charge >= 0.3 is 0 Å². The maximum Gasteiger partial charge on any atom is 0.288 e. The first-order chi connectivity index (χ1) is 11.7. The van der Waals surface area contributed by atoms with Crippen LogP contribution in [0.2, 0.25) is 0 Å². The molecule has 24 heavy (non-hydrogen) atoms. The first-order valence-electron chi connectivity index (χ1n) is 6.98. The second kappa shape index (κ2) is 5.53. The topological polar surface area (TPSA) is 140 Å². The molecule has 0 aromatic carbocycles. The molecule has 120 valence electrons. The van der Waals surface area contributed by atoms with Crippen LogP contribution in [0, 0.1) is 6.92 Å². The summed E-state index contributed by atoms with van der Waals surface area (Å²) >= 11 is 0. The molecule has 0 aliphatic rings. The normalized spacial score (nSPS) is 11.0. The van der Waals surface area contributed by atoms with Crippen molar-refractivity contribution in [2.24, 2.45) is 0 Å². The highest BCUT2D eigenvalue weighted by Gasteiger charge is 2.13. The number of hydrogen-bond donors (Lipinski definition) is 2. The Morgan fingerprint density at radius 3 is 3.08 bits per heavy atom.